The number of halogens is 2. The zero-order valence-corrected chi connectivity index (χ0v) is 9.31. The van der Waals surface area contributed by atoms with Crippen molar-refractivity contribution in [1.29, 1.82) is 0 Å². The van der Waals surface area contributed by atoms with Gasteiger partial charge in [0.1, 0.15) is 12.4 Å². The molecule has 0 aliphatic rings. The summed E-state index contributed by atoms with van der Waals surface area (Å²) in [5.41, 5.74) is 0. The van der Waals surface area contributed by atoms with Crippen molar-refractivity contribution in [3.63, 3.8) is 0 Å². The summed E-state index contributed by atoms with van der Waals surface area (Å²) in [7, 11) is 0. The number of aliphatic hydroxyl groups is 1. The van der Waals surface area contributed by atoms with Crippen LogP contribution in [0.25, 0.3) is 0 Å². The van der Waals surface area contributed by atoms with Crippen LogP contribution in [0.5, 0.6) is 5.75 Å². The molecule has 0 saturated carbocycles. The van der Waals surface area contributed by atoms with Crippen LogP contribution in [0.2, 0.25) is 0 Å². The van der Waals surface area contributed by atoms with Gasteiger partial charge in [-0.3, -0.25) is 0 Å². The van der Waals surface area contributed by atoms with E-state index in [2.05, 4.69) is 0 Å². The summed E-state index contributed by atoms with van der Waals surface area (Å²) in [5, 5.41) is 8.40. The van der Waals surface area contributed by atoms with E-state index in [0.717, 1.165) is 5.75 Å². The van der Waals surface area contributed by atoms with E-state index in [4.69, 9.17) is 9.84 Å². The third-order valence-electron chi connectivity index (χ3n) is 1.10. The van der Waals surface area contributed by atoms with Gasteiger partial charge in [-0.05, 0) is 12.1 Å². The molecule has 1 N–H and O–H groups in total. The van der Waals surface area contributed by atoms with Gasteiger partial charge in [-0.2, -0.15) is 0 Å². The third kappa shape index (κ3) is 7.82. The Kier molecular flexibility index (Phi) is 9.18. The molecule has 76 valence electrons. The standard InChI is InChI=1S/C8H10O2.2FH.Os/c9-6-7-10-8-4-2-1-3-5-8;;;/h1-5,9H,6-7H2;2*1H;/q;;;+2/p-2. The quantitative estimate of drug-likeness (QED) is 0.886. The SMILES string of the molecule is OCCOc1ccccc1.[F][Os][F]. The fourth-order valence-electron chi connectivity index (χ4n) is 0.680. The van der Waals surface area contributed by atoms with Gasteiger partial charge in [0.05, 0.1) is 6.61 Å². The van der Waals surface area contributed by atoms with Gasteiger partial charge < -0.3 is 9.84 Å². The minimum atomic E-state index is -2.58. The van der Waals surface area contributed by atoms with Crippen LogP contribution in [0.4, 0.5) is 6.57 Å². The van der Waals surface area contributed by atoms with E-state index in [1.807, 2.05) is 30.3 Å². The minimum absolute atomic E-state index is 0.0644. The summed E-state index contributed by atoms with van der Waals surface area (Å²) < 4.78 is 24.6. The van der Waals surface area contributed by atoms with Gasteiger partial charge in [0, 0.05) is 0 Å². The summed E-state index contributed by atoms with van der Waals surface area (Å²) in [4.78, 5) is 0. The maximum atomic E-state index is 9.76. The fourth-order valence-corrected chi connectivity index (χ4v) is 0.680. The maximum absolute atomic E-state index is 9.76. The summed E-state index contributed by atoms with van der Waals surface area (Å²) >= 11 is -2.58. The first-order valence-electron chi connectivity index (χ1n) is 3.49. The van der Waals surface area contributed by atoms with E-state index >= 15 is 0 Å². The molecule has 0 spiro atoms. The first kappa shape index (κ1) is 12.5. The van der Waals surface area contributed by atoms with Crippen molar-refractivity contribution in [3.05, 3.63) is 30.3 Å². The van der Waals surface area contributed by atoms with Gasteiger partial charge in [-0.15, -0.1) is 0 Å². The molecule has 1 aromatic carbocycles. The topological polar surface area (TPSA) is 29.5 Å². The van der Waals surface area contributed by atoms with Gasteiger partial charge in [-0.25, -0.2) is 0 Å². The Hall–Kier alpha value is -0.524. The van der Waals surface area contributed by atoms with Gasteiger partial charge in [0.2, 0.25) is 0 Å². The fraction of sp³-hybridized carbons (Fsp3) is 0.250. The van der Waals surface area contributed by atoms with Crippen LogP contribution in [0.1, 0.15) is 0 Å². The van der Waals surface area contributed by atoms with Crippen molar-refractivity contribution >= 4 is 0 Å². The normalized spacial score (nSPS) is 8.85. The first-order chi connectivity index (χ1) is 6.35. The number of rotatable bonds is 3. The molecule has 1 aromatic rings. The first-order valence-corrected chi connectivity index (χ1v) is 5.41. The second-order valence-corrected chi connectivity index (χ2v) is 2.30. The number of hydrogen-bond donors (Lipinski definition) is 1. The van der Waals surface area contributed by atoms with Gasteiger partial charge >= 0.3 is 25.0 Å². The number of hydrogen-bond acceptors (Lipinski definition) is 2. The average Bonchev–Trinajstić information content (AvgIpc) is 2.18. The molecule has 5 heteroatoms. The van der Waals surface area contributed by atoms with E-state index in [0.29, 0.717) is 6.61 Å². The predicted octanol–water partition coefficient (Wildman–Crippen LogP) is 1.90. The van der Waals surface area contributed by atoms with Crippen LogP contribution in [0, 0.1) is 0 Å². The zero-order chi connectivity index (χ0) is 9.94. The summed E-state index contributed by atoms with van der Waals surface area (Å²) in [6.45, 7) is 0.429. The molecular formula is C8H10F2O2Os. The van der Waals surface area contributed by atoms with Crippen molar-refractivity contribution in [2.24, 2.45) is 0 Å². The van der Waals surface area contributed by atoms with Gasteiger partial charge in [-0.1, -0.05) is 18.2 Å². The number of ether oxygens (including phenoxy) is 1. The van der Waals surface area contributed by atoms with Crippen LogP contribution in [-0.2, 0) is 18.4 Å². The van der Waals surface area contributed by atoms with Crippen LogP contribution in [0.15, 0.2) is 30.3 Å². The predicted molar refractivity (Wildman–Crippen MR) is 41.2 cm³/mol. The van der Waals surface area contributed by atoms with E-state index in [1.54, 1.807) is 0 Å². The summed E-state index contributed by atoms with van der Waals surface area (Å²) in [5.74, 6) is 0.802. The van der Waals surface area contributed by atoms with Crippen LogP contribution in [-0.4, -0.2) is 18.3 Å². The number of para-hydroxylation sites is 1. The van der Waals surface area contributed by atoms with Crippen molar-refractivity contribution in [3.8, 4) is 5.75 Å². The Morgan fingerprint density at radius 3 is 2.23 bits per heavy atom. The molecule has 0 bridgehead atoms. The molecule has 0 atom stereocenters. The van der Waals surface area contributed by atoms with E-state index in [1.165, 1.54) is 0 Å². The molecule has 0 aliphatic carbocycles. The Bertz CT molecular complexity index is 197. The molecular weight excluding hydrogens is 356 g/mol. The van der Waals surface area contributed by atoms with Crippen LogP contribution < -0.4 is 4.74 Å². The Morgan fingerprint density at radius 2 is 1.77 bits per heavy atom. The van der Waals surface area contributed by atoms with Crippen molar-refractivity contribution < 1.29 is 34.8 Å². The summed E-state index contributed by atoms with van der Waals surface area (Å²) in [6, 6.07) is 9.43. The van der Waals surface area contributed by atoms with Gasteiger partial charge in [0.25, 0.3) is 0 Å². The third-order valence-corrected chi connectivity index (χ3v) is 1.10. The Labute approximate surface area is 84.5 Å². The number of aliphatic hydroxyl groups excluding tert-OH is 1. The molecule has 0 amide bonds. The molecule has 13 heavy (non-hydrogen) atoms. The molecule has 2 nitrogen and oxygen atoms in total. The second kappa shape index (κ2) is 9.56. The Morgan fingerprint density at radius 1 is 1.23 bits per heavy atom. The molecule has 0 aliphatic heterocycles. The van der Waals surface area contributed by atoms with Crippen LogP contribution in [0.3, 0.4) is 0 Å². The summed E-state index contributed by atoms with van der Waals surface area (Å²) in [6.07, 6.45) is 0. The second-order valence-electron chi connectivity index (χ2n) is 1.94. The molecule has 1 rings (SSSR count). The van der Waals surface area contributed by atoms with Crippen LogP contribution >= 0.6 is 0 Å². The van der Waals surface area contributed by atoms with Crippen molar-refractivity contribution in [2.45, 2.75) is 0 Å². The van der Waals surface area contributed by atoms with Gasteiger partial charge in [0.15, 0.2) is 0 Å². The molecule has 0 fully saturated rings. The average molecular weight is 366 g/mol. The molecule has 0 radical (unpaired) electrons. The monoisotopic (exact) mass is 368 g/mol. The van der Waals surface area contributed by atoms with Crippen molar-refractivity contribution in [2.75, 3.05) is 13.2 Å². The Balaban J connectivity index is 0.000000424. The molecule has 0 unspecified atom stereocenters. The molecule has 0 saturated heterocycles. The zero-order valence-electron chi connectivity index (χ0n) is 6.77. The van der Waals surface area contributed by atoms with Crippen molar-refractivity contribution in [1.82, 2.24) is 0 Å². The molecule has 0 aromatic heterocycles. The number of benzene rings is 1. The molecule has 0 heterocycles. The van der Waals surface area contributed by atoms with E-state index in [9.17, 15) is 6.57 Å². The van der Waals surface area contributed by atoms with E-state index < -0.39 is 18.4 Å². The van der Waals surface area contributed by atoms with E-state index in [-0.39, 0.29) is 6.61 Å².